The maximum Gasteiger partial charge on any atom is 0.0441 e. The van der Waals surface area contributed by atoms with Crippen LogP contribution in [0.4, 0.5) is 0 Å². The molecule has 2 rings (SSSR count). The van der Waals surface area contributed by atoms with Crippen molar-refractivity contribution in [2.24, 2.45) is 5.41 Å². The van der Waals surface area contributed by atoms with Crippen LogP contribution in [0, 0.1) is 5.41 Å². The summed E-state index contributed by atoms with van der Waals surface area (Å²) in [5, 5.41) is 3.82. The third kappa shape index (κ3) is 2.67. The van der Waals surface area contributed by atoms with Gasteiger partial charge < -0.3 is 5.32 Å². The summed E-state index contributed by atoms with van der Waals surface area (Å²) in [6, 6.07) is 9.03. The van der Waals surface area contributed by atoms with Crippen LogP contribution in [-0.2, 0) is 17.2 Å². The molecule has 1 aliphatic carbocycles. The van der Waals surface area contributed by atoms with E-state index < -0.39 is 10.8 Å². The molecule has 1 N–H and O–H groups in total. The van der Waals surface area contributed by atoms with Gasteiger partial charge in [-0.1, -0.05) is 38.1 Å². The number of hydrogen-bond donors (Lipinski definition) is 1. The van der Waals surface area contributed by atoms with Gasteiger partial charge in [0.2, 0.25) is 0 Å². The van der Waals surface area contributed by atoms with Crippen molar-refractivity contribution in [3.63, 3.8) is 0 Å². The van der Waals surface area contributed by atoms with Gasteiger partial charge in [-0.05, 0) is 29.9 Å². The number of fused-ring (bicyclic) bond motifs is 1. The Bertz CT molecular complexity index is 456. The molecule has 1 aliphatic rings. The van der Waals surface area contributed by atoms with Gasteiger partial charge in [-0.2, -0.15) is 0 Å². The Balaban J connectivity index is 2.14. The van der Waals surface area contributed by atoms with E-state index in [9.17, 15) is 4.21 Å². The van der Waals surface area contributed by atoms with Crippen molar-refractivity contribution in [2.45, 2.75) is 38.5 Å². The zero-order valence-electron chi connectivity index (χ0n) is 11.7. The van der Waals surface area contributed by atoms with Crippen molar-refractivity contribution in [3.05, 3.63) is 35.4 Å². The van der Waals surface area contributed by atoms with Crippen LogP contribution in [0.1, 0.15) is 37.9 Å². The summed E-state index contributed by atoms with van der Waals surface area (Å²) in [5.41, 5.74) is 3.10. The minimum atomic E-state index is -0.755. The van der Waals surface area contributed by atoms with Gasteiger partial charge in [0.1, 0.15) is 0 Å². The first-order valence-corrected chi connectivity index (χ1v) is 8.17. The molecule has 0 heterocycles. The molecular weight excluding hydrogens is 242 g/mol. The Labute approximate surface area is 113 Å². The normalized spacial score (nSPS) is 24.6. The van der Waals surface area contributed by atoms with Crippen LogP contribution in [0.5, 0.6) is 0 Å². The van der Waals surface area contributed by atoms with Crippen molar-refractivity contribution in [2.75, 3.05) is 12.8 Å². The summed E-state index contributed by atoms with van der Waals surface area (Å²) in [6.07, 6.45) is 2.89. The third-order valence-corrected chi connectivity index (χ3v) is 5.27. The van der Waals surface area contributed by atoms with Crippen molar-refractivity contribution in [3.8, 4) is 0 Å². The van der Waals surface area contributed by atoms with Crippen LogP contribution in [-0.4, -0.2) is 22.3 Å². The van der Waals surface area contributed by atoms with Crippen molar-refractivity contribution in [1.29, 1.82) is 0 Å². The molecule has 0 spiro atoms. The average molecular weight is 265 g/mol. The molecule has 0 amide bonds. The predicted molar refractivity (Wildman–Crippen MR) is 78.2 cm³/mol. The molecule has 3 heteroatoms. The molecule has 100 valence electrons. The molecule has 2 nitrogen and oxygen atoms in total. The number of benzene rings is 1. The van der Waals surface area contributed by atoms with E-state index in [-0.39, 0.29) is 10.7 Å². The van der Waals surface area contributed by atoms with Crippen molar-refractivity contribution in [1.82, 2.24) is 5.32 Å². The lowest BCUT2D eigenvalue weighted by molar-refractivity contribution is 0.271. The molecule has 0 aromatic heterocycles. The Hall–Kier alpha value is -0.670. The van der Waals surface area contributed by atoms with E-state index in [1.807, 2.05) is 6.92 Å². The average Bonchev–Trinajstić information content (AvgIpc) is 2.55. The first-order valence-electron chi connectivity index (χ1n) is 6.55. The molecule has 3 unspecified atom stereocenters. The van der Waals surface area contributed by atoms with Gasteiger partial charge in [0, 0.05) is 34.9 Å². The number of rotatable bonds is 4. The maximum atomic E-state index is 11.4. The van der Waals surface area contributed by atoms with Gasteiger partial charge in [0.15, 0.2) is 0 Å². The number of nitrogens with one attached hydrogen (secondary N) is 1. The quantitative estimate of drug-likeness (QED) is 0.907. The van der Waals surface area contributed by atoms with Gasteiger partial charge in [0.25, 0.3) is 0 Å². The van der Waals surface area contributed by atoms with E-state index >= 15 is 0 Å². The fraction of sp³-hybridized carbons (Fsp3) is 0.600. The molecule has 0 fully saturated rings. The Kier molecular flexibility index (Phi) is 3.93. The minimum Gasteiger partial charge on any atom is -0.308 e. The standard InChI is InChI=1S/C15H23NOS/c1-11(18(4)17)10-16-14-13-8-6-5-7-12(13)9-15(14,2)3/h5-8,11,14,16H,9-10H2,1-4H3. The first-order chi connectivity index (χ1) is 8.42. The van der Waals surface area contributed by atoms with Crippen molar-refractivity contribution >= 4 is 10.8 Å². The Morgan fingerprint density at radius 2 is 2.11 bits per heavy atom. The van der Waals surface area contributed by atoms with E-state index in [0.29, 0.717) is 6.04 Å². The van der Waals surface area contributed by atoms with Crippen LogP contribution in [0.2, 0.25) is 0 Å². The summed E-state index contributed by atoms with van der Waals surface area (Å²) in [6.45, 7) is 7.46. The highest BCUT2D eigenvalue weighted by molar-refractivity contribution is 7.84. The van der Waals surface area contributed by atoms with Crippen LogP contribution in [0.25, 0.3) is 0 Å². The summed E-state index contributed by atoms with van der Waals surface area (Å²) in [4.78, 5) is 0. The van der Waals surface area contributed by atoms with E-state index in [1.54, 1.807) is 6.26 Å². The second-order valence-electron chi connectivity index (χ2n) is 6.01. The van der Waals surface area contributed by atoms with Gasteiger partial charge in [-0.3, -0.25) is 4.21 Å². The van der Waals surface area contributed by atoms with E-state index in [0.717, 1.165) is 13.0 Å². The summed E-state index contributed by atoms with van der Waals surface area (Å²) in [7, 11) is -0.755. The molecule has 18 heavy (non-hydrogen) atoms. The summed E-state index contributed by atoms with van der Waals surface area (Å²) >= 11 is 0. The van der Waals surface area contributed by atoms with E-state index in [1.165, 1.54) is 11.1 Å². The zero-order chi connectivity index (χ0) is 13.3. The molecule has 0 saturated heterocycles. The van der Waals surface area contributed by atoms with Gasteiger partial charge >= 0.3 is 0 Å². The highest BCUT2D eigenvalue weighted by Crippen LogP contribution is 2.44. The van der Waals surface area contributed by atoms with Crippen LogP contribution >= 0.6 is 0 Å². The zero-order valence-corrected chi connectivity index (χ0v) is 12.5. The molecule has 0 aliphatic heterocycles. The summed E-state index contributed by atoms with van der Waals surface area (Å²) in [5.74, 6) is 0. The van der Waals surface area contributed by atoms with Crippen LogP contribution in [0.15, 0.2) is 24.3 Å². The maximum absolute atomic E-state index is 11.4. The molecular formula is C15H23NOS. The molecule has 0 radical (unpaired) electrons. The van der Waals surface area contributed by atoms with E-state index in [2.05, 4.69) is 43.4 Å². The highest BCUT2D eigenvalue weighted by Gasteiger charge is 2.38. The third-order valence-electron chi connectivity index (χ3n) is 3.97. The Morgan fingerprint density at radius 1 is 1.44 bits per heavy atom. The molecule has 1 aromatic carbocycles. The van der Waals surface area contributed by atoms with Gasteiger partial charge in [-0.15, -0.1) is 0 Å². The molecule has 0 bridgehead atoms. The lowest BCUT2D eigenvalue weighted by Gasteiger charge is -2.29. The lowest BCUT2D eigenvalue weighted by Crippen LogP contribution is -2.36. The molecule has 3 atom stereocenters. The largest absolute Gasteiger partial charge is 0.308 e. The second kappa shape index (κ2) is 5.14. The van der Waals surface area contributed by atoms with Gasteiger partial charge in [0.05, 0.1) is 0 Å². The first kappa shape index (κ1) is 13.8. The fourth-order valence-electron chi connectivity index (χ4n) is 2.78. The highest BCUT2D eigenvalue weighted by atomic mass is 32.2. The monoisotopic (exact) mass is 265 g/mol. The smallest absolute Gasteiger partial charge is 0.0441 e. The SMILES string of the molecule is CC(CNC1c2ccccc2CC1(C)C)S(C)=O. The minimum absolute atomic E-state index is 0.202. The van der Waals surface area contributed by atoms with Gasteiger partial charge in [-0.25, -0.2) is 0 Å². The fourth-order valence-corrected chi connectivity index (χ4v) is 3.11. The lowest BCUT2D eigenvalue weighted by atomic mass is 9.85. The van der Waals surface area contributed by atoms with Crippen LogP contribution < -0.4 is 5.32 Å². The molecule has 0 saturated carbocycles. The second-order valence-corrected chi connectivity index (χ2v) is 7.82. The van der Waals surface area contributed by atoms with E-state index in [4.69, 9.17) is 0 Å². The molecule has 1 aromatic rings. The summed E-state index contributed by atoms with van der Waals surface area (Å²) < 4.78 is 11.4. The topological polar surface area (TPSA) is 29.1 Å². The van der Waals surface area contributed by atoms with Crippen LogP contribution in [0.3, 0.4) is 0 Å². The Morgan fingerprint density at radius 3 is 2.78 bits per heavy atom. The number of hydrogen-bond acceptors (Lipinski definition) is 2. The van der Waals surface area contributed by atoms with Crippen molar-refractivity contribution < 1.29 is 4.21 Å². The predicted octanol–water partition coefficient (Wildman–Crippen LogP) is 2.67.